The van der Waals surface area contributed by atoms with Gasteiger partial charge in [0, 0.05) is 43.9 Å². The maximum Gasteiger partial charge on any atom is 0.168 e. The van der Waals surface area contributed by atoms with E-state index in [1.165, 1.54) is 5.69 Å². The Hall–Kier alpha value is -2.99. The van der Waals surface area contributed by atoms with E-state index in [1.54, 1.807) is 31.6 Å². The largest absolute Gasteiger partial charge is 0.496 e. The number of anilines is 1. The third kappa shape index (κ3) is 5.20. The lowest BCUT2D eigenvalue weighted by Crippen LogP contribution is -2.46. The van der Waals surface area contributed by atoms with Gasteiger partial charge >= 0.3 is 0 Å². The summed E-state index contributed by atoms with van der Waals surface area (Å²) in [5.74, 6) is 2.35. The molecular weight excluding hydrogens is 392 g/mol. The van der Waals surface area contributed by atoms with Crippen LogP contribution in [0.1, 0.15) is 28.8 Å². The number of rotatable bonds is 7. The number of fused-ring (bicyclic) bond motifs is 1. The van der Waals surface area contributed by atoms with Gasteiger partial charge in [0.2, 0.25) is 0 Å². The van der Waals surface area contributed by atoms with Gasteiger partial charge in [-0.25, -0.2) is 0 Å². The SMILES string of the molecule is COc1ccc(N2CCN(CCCC(=O)c3ccc4c(c3)OCC=CO4)CC2)cc1C. The number of ketones is 1. The lowest BCUT2D eigenvalue weighted by Gasteiger charge is -2.36. The summed E-state index contributed by atoms with van der Waals surface area (Å²) in [6.45, 7) is 7.48. The molecule has 6 heteroatoms. The molecule has 164 valence electrons. The topological polar surface area (TPSA) is 51.2 Å². The Morgan fingerprint density at radius 1 is 1.06 bits per heavy atom. The highest BCUT2D eigenvalue weighted by atomic mass is 16.5. The molecule has 0 unspecified atom stereocenters. The predicted molar refractivity (Wildman–Crippen MR) is 122 cm³/mol. The van der Waals surface area contributed by atoms with Gasteiger partial charge in [-0.05, 0) is 67.9 Å². The van der Waals surface area contributed by atoms with Crippen LogP contribution < -0.4 is 19.1 Å². The number of methoxy groups -OCH3 is 1. The van der Waals surface area contributed by atoms with Gasteiger partial charge in [-0.3, -0.25) is 9.69 Å². The van der Waals surface area contributed by atoms with Crippen molar-refractivity contribution >= 4 is 11.5 Å². The van der Waals surface area contributed by atoms with Crippen molar-refractivity contribution < 1.29 is 19.0 Å². The van der Waals surface area contributed by atoms with E-state index in [4.69, 9.17) is 14.2 Å². The first-order valence-electron chi connectivity index (χ1n) is 10.9. The maximum absolute atomic E-state index is 12.6. The Balaban J connectivity index is 1.23. The number of benzene rings is 2. The van der Waals surface area contributed by atoms with Crippen molar-refractivity contribution in [1.29, 1.82) is 0 Å². The minimum absolute atomic E-state index is 0.149. The third-order valence-electron chi connectivity index (χ3n) is 5.89. The first-order chi connectivity index (χ1) is 15.1. The van der Waals surface area contributed by atoms with Gasteiger partial charge < -0.3 is 19.1 Å². The average molecular weight is 423 g/mol. The summed E-state index contributed by atoms with van der Waals surface area (Å²) in [4.78, 5) is 17.5. The number of hydrogen-bond acceptors (Lipinski definition) is 6. The van der Waals surface area contributed by atoms with E-state index in [9.17, 15) is 4.79 Å². The Morgan fingerprint density at radius 2 is 1.90 bits per heavy atom. The number of piperazine rings is 1. The van der Waals surface area contributed by atoms with Crippen molar-refractivity contribution in [3.05, 3.63) is 59.9 Å². The molecule has 2 aliphatic heterocycles. The molecule has 4 rings (SSSR count). The summed E-state index contributed by atoms with van der Waals surface area (Å²) in [6, 6.07) is 11.8. The fraction of sp³-hybridized carbons (Fsp3) is 0.400. The molecule has 31 heavy (non-hydrogen) atoms. The zero-order chi connectivity index (χ0) is 21.6. The normalized spacial score (nSPS) is 16.1. The molecule has 2 aromatic rings. The summed E-state index contributed by atoms with van der Waals surface area (Å²) >= 11 is 0. The number of carbonyl (C=O) groups excluding carboxylic acids is 1. The highest BCUT2D eigenvalue weighted by molar-refractivity contribution is 5.96. The second-order valence-corrected chi connectivity index (χ2v) is 7.97. The predicted octanol–water partition coefficient (Wildman–Crippen LogP) is 4.07. The molecule has 0 saturated carbocycles. The molecule has 0 aliphatic carbocycles. The van der Waals surface area contributed by atoms with Crippen molar-refractivity contribution in [3.63, 3.8) is 0 Å². The second-order valence-electron chi connectivity index (χ2n) is 7.97. The number of hydrogen-bond donors (Lipinski definition) is 0. The Kier molecular flexibility index (Phi) is 6.77. The molecule has 2 aliphatic rings. The first kappa shape index (κ1) is 21.2. The zero-order valence-electron chi connectivity index (χ0n) is 18.3. The van der Waals surface area contributed by atoms with Gasteiger partial charge in [-0.1, -0.05) is 0 Å². The van der Waals surface area contributed by atoms with E-state index < -0.39 is 0 Å². The Morgan fingerprint density at radius 3 is 2.68 bits per heavy atom. The highest BCUT2D eigenvalue weighted by Crippen LogP contribution is 2.30. The number of Topliss-reactive ketones (excluding diaryl/α,β-unsaturated/α-hetero) is 1. The van der Waals surface area contributed by atoms with Gasteiger partial charge in [0.05, 0.1) is 13.4 Å². The summed E-state index contributed by atoms with van der Waals surface area (Å²) in [7, 11) is 1.71. The summed E-state index contributed by atoms with van der Waals surface area (Å²) in [5, 5.41) is 0. The molecule has 2 aromatic carbocycles. The molecule has 2 heterocycles. The van der Waals surface area contributed by atoms with E-state index in [-0.39, 0.29) is 5.78 Å². The van der Waals surface area contributed by atoms with Gasteiger partial charge in [0.15, 0.2) is 17.3 Å². The molecule has 0 bridgehead atoms. The quantitative estimate of drug-likeness (QED) is 0.627. The van der Waals surface area contributed by atoms with Crippen LogP contribution in [0.25, 0.3) is 0 Å². The van der Waals surface area contributed by atoms with Crippen LogP contribution in [0.15, 0.2) is 48.7 Å². The number of ether oxygens (including phenoxy) is 3. The van der Waals surface area contributed by atoms with Crippen LogP contribution in [0.2, 0.25) is 0 Å². The Bertz CT molecular complexity index is 949. The molecule has 0 N–H and O–H groups in total. The fourth-order valence-electron chi connectivity index (χ4n) is 4.09. The van der Waals surface area contributed by atoms with Crippen LogP contribution in [0, 0.1) is 6.92 Å². The minimum atomic E-state index is 0.149. The van der Waals surface area contributed by atoms with E-state index in [1.807, 2.05) is 12.1 Å². The van der Waals surface area contributed by atoms with E-state index in [0.29, 0.717) is 30.1 Å². The molecule has 0 spiro atoms. The minimum Gasteiger partial charge on any atom is -0.496 e. The lowest BCUT2D eigenvalue weighted by molar-refractivity contribution is 0.0973. The summed E-state index contributed by atoms with van der Waals surface area (Å²) < 4.78 is 16.5. The van der Waals surface area contributed by atoms with Crippen LogP contribution in [0.3, 0.4) is 0 Å². The van der Waals surface area contributed by atoms with Crippen LogP contribution in [0.4, 0.5) is 5.69 Å². The monoisotopic (exact) mass is 422 g/mol. The van der Waals surface area contributed by atoms with Crippen LogP contribution in [0.5, 0.6) is 17.2 Å². The third-order valence-corrected chi connectivity index (χ3v) is 5.89. The molecule has 0 atom stereocenters. The number of carbonyl (C=O) groups is 1. The first-order valence-corrected chi connectivity index (χ1v) is 10.9. The molecule has 6 nitrogen and oxygen atoms in total. The molecule has 1 fully saturated rings. The molecule has 0 radical (unpaired) electrons. The summed E-state index contributed by atoms with van der Waals surface area (Å²) in [5.41, 5.74) is 3.09. The maximum atomic E-state index is 12.6. The smallest absolute Gasteiger partial charge is 0.168 e. The highest BCUT2D eigenvalue weighted by Gasteiger charge is 2.18. The lowest BCUT2D eigenvalue weighted by atomic mass is 10.1. The van der Waals surface area contributed by atoms with Gasteiger partial charge in [0.25, 0.3) is 0 Å². The van der Waals surface area contributed by atoms with E-state index in [2.05, 4.69) is 28.9 Å². The summed E-state index contributed by atoms with van der Waals surface area (Å²) in [6.07, 6.45) is 4.81. The average Bonchev–Trinajstić information content (AvgIpc) is 3.04. The number of aryl methyl sites for hydroxylation is 1. The van der Waals surface area contributed by atoms with Crippen molar-refractivity contribution in [1.82, 2.24) is 4.90 Å². The van der Waals surface area contributed by atoms with E-state index >= 15 is 0 Å². The van der Waals surface area contributed by atoms with E-state index in [0.717, 1.165) is 50.5 Å². The van der Waals surface area contributed by atoms with Crippen LogP contribution >= 0.6 is 0 Å². The van der Waals surface area contributed by atoms with Crippen molar-refractivity contribution in [2.45, 2.75) is 19.8 Å². The second kappa shape index (κ2) is 9.88. The standard InChI is InChI=1S/C25H30N2O4/c1-19-17-21(7-9-23(19)29-2)27-13-11-26(12-14-27)10-3-5-22(28)20-6-8-24-25(18-20)31-16-4-15-30-24/h4,6-9,15,17-18H,3,5,10-14,16H2,1-2H3. The molecule has 1 saturated heterocycles. The number of nitrogens with zero attached hydrogens (tertiary/aromatic N) is 2. The fourth-order valence-corrected chi connectivity index (χ4v) is 4.09. The molecular formula is C25H30N2O4. The van der Waals surface area contributed by atoms with Crippen LogP contribution in [-0.2, 0) is 0 Å². The van der Waals surface area contributed by atoms with Crippen molar-refractivity contribution in [2.75, 3.05) is 51.3 Å². The van der Waals surface area contributed by atoms with Gasteiger partial charge in [0.1, 0.15) is 12.4 Å². The molecule has 0 amide bonds. The Labute approximate surface area is 184 Å². The van der Waals surface area contributed by atoms with Crippen molar-refractivity contribution in [3.8, 4) is 17.2 Å². The molecule has 0 aromatic heterocycles. The van der Waals surface area contributed by atoms with Gasteiger partial charge in [-0.2, -0.15) is 0 Å². The van der Waals surface area contributed by atoms with Gasteiger partial charge in [-0.15, -0.1) is 0 Å². The zero-order valence-corrected chi connectivity index (χ0v) is 18.3. The van der Waals surface area contributed by atoms with Crippen LogP contribution in [-0.4, -0.2) is 57.1 Å². The van der Waals surface area contributed by atoms with Crippen molar-refractivity contribution in [2.24, 2.45) is 0 Å².